The molecule has 0 bridgehead atoms. The number of rotatable bonds is 4. The summed E-state index contributed by atoms with van der Waals surface area (Å²) in [4.78, 5) is 0. The molecule has 1 aliphatic carbocycles. The first-order valence-electron chi connectivity index (χ1n) is 6.71. The summed E-state index contributed by atoms with van der Waals surface area (Å²) in [5.74, 6) is -3.03. The Morgan fingerprint density at radius 3 is 1.95 bits per heavy atom. The molecule has 2 aromatic carbocycles. The van der Waals surface area contributed by atoms with Crippen molar-refractivity contribution < 1.29 is 17.6 Å². The molecule has 2 aromatic rings. The molecule has 3 rings (SSSR count). The SMILES string of the molecule is Fc1ccc(C(Nc2c(F)cc(F)cc2F)C2CC2)cc1. The van der Waals surface area contributed by atoms with Crippen LogP contribution in [0.25, 0.3) is 0 Å². The molecular formula is C16H13F4N. The molecule has 0 radical (unpaired) electrons. The molecule has 0 aliphatic heterocycles. The Kier molecular flexibility index (Phi) is 3.57. The summed E-state index contributed by atoms with van der Waals surface area (Å²) >= 11 is 0. The maximum Gasteiger partial charge on any atom is 0.152 e. The molecule has 0 heterocycles. The minimum Gasteiger partial charge on any atom is -0.373 e. The third kappa shape index (κ3) is 3.01. The molecule has 1 nitrogen and oxygen atoms in total. The fraction of sp³-hybridized carbons (Fsp3) is 0.250. The second-order valence-corrected chi connectivity index (χ2v) is 5.26. The molecular weight excluding hydrogens is 282 g/mol. The van der Waals surface area contributed by atoms with E-state index in [1.165, 1.54) is 12.1 Å². The number of benzene rings is 2. The molecule has 5 heteroatoms. The minimum atomic E-state index is -0.972. The van der Waals surface area contributed by atoms with E-state index in [1.54, 1.807) is 12.1 Å². The van der Waals surface area contributed by atoms with E-state index in [4.69, 9.17) is 0 Å². The van der Waals surface area contributed by atoms with Gasteiger partial charge in [0.25, 0.3) is 0 Å². The molecule has 1 N–H and O–H groups in total. The van der Waals surface area contributed by atoms with Gasteiger partial charge in [0.05, 0.1) is 6.04 Å². The van der Waals surface area contributed by atoms with E-state index in [0.717, 1.165) is 18.4 Å². The average molecular weight is 295 g/mol. The molecule has 0 amide bonds. The summed E-state index contributed by atoms with van der Waals surface area (Å²) in [5, 5.41) is 2.80. The van der Waals surface area contributed by atoms with Crippen molar-refractivity contribution in [2.75, 3.05) is 5.32 Å². The molecule has 0 spiro atoms. The molecule has 1 fully saturated rings. The topological polar surface area (TPSA) is 12.0 Å². The van der Waals surface area contributed by atoms with E-state index in [1.807, 2.05) is 0 Å². The van der Waals surface area contributed by atoms with E-state index in [-0.39, 0.29) is 23.5 Å². The lowest BCUT2D eigenvalue weighted by molar-refractivity contribution is 0.540. The van der Waals surface area contributed by atoms with Gasteiger partial charge in [-0.25, -0.2) is 17.6 Å². The molecule has 1 unspecified atom stereocenters. The molecule has 0 aromatic heterocycles. The number of halogens is 4. The van der Waals surface area contributed by atoms with Crippen LogP contribution in [-0.2, 0) is 0 Å². The monoisotopic (exact) mass is 295 g/mol. The van der Waals surface area contributed by atoms with Crippen molar-refractivity contribution in [1.82, 2.24) is 0 Å². The largest absolute Gasteiger partial charge is 0.373 e. The Morgan fingerprint density at radius 1 is 0.857 bits per heavy atom. The highest BCUT2D eigenvalue weighted by Crippen LogP contribution is 2.43. The van der Waals surface area contributed by atoms with E-state index >= 15 is 0 Å². The van der Waals surface area contributed by atoms with Gasteiger partial charge in [-0.1, -0.05) is 12.1 Å². The third-order valence-electron chi connectivity index (χ3n) is 3.63. The van der Waals surface area contributed by atoms with E-state index < -0.39 is 17.5 Å². The lowest BCUT2D eigenvalue weighted by Crippen LogP contribution is -2.15. The van der Waals surface area contributed by atoms with Crippen LogP contribution in [0.4, 0.5) is 23.2 Å². The van der Waals surface area contributed by atoms with Crippen molar-refractivity contribution in [2.45, 2.75) is 18.9 Å². The Balaban J connectivity index is 1.91. The molecule has 0 saturated heterocycles. The van der Waals surface area contributed by atoms with Crippen LogP contribution in [0.2, 0.25) is 0 Å². The van der Waals surface area contributed by atoms with Crippen LogP contribution in [0.1, 0.15) is 24.4 Å². The number of nitrogens with one attached hydrogen (secondary N) is 1. The maximum absolute atomic E-state index is 13.7. The van der Waals surface area contributed by atoms with Gasteiger partial charge in [0.1, 0.15) is 17.3 Å². The Labute approximate surface area is 119 Å². The third-order valence-corrected chi connectivity index (χ3v) is 3.63. The van der Waals surface area contributed by atoms with Crippen molar-refractivity contribution in [3.8, 4) is 0 Å². The predicted molar refractivity (Wildman–Crippen MR) is 71.8 cm³/mol. The van der Waals surface area contributed by atoms with Crippen LogP contribution in [0.3, 0.4) is 0 Å². The van der Waals surface area contributed by atoms with Crippen LogP contribution in [0, 0.1) is 29.2 Å². The first kappa shape index (κ1) is 13.9. The van der Waals surface area contributed by atoms with Gasteiger partial charge in [-0.3, -0.25) is 0 Å². The van der Waals surface area contributed by atoms with Gasteiger partial charge in [-0.15, -0.1) is 0 Å². The van der Waals surface area contributed by atoms with Crippen molar-refractivity contribution in [2.24, 2.45) is 5.92 Å². The Hall–Kier alpha value is -2.04. The van der Waals surface area contributed by atoms with Crippen molar-refractivity contribution in [3.63, 3.8) is 0 Å². The van der Waals surface area contributed by atoms with Crippen LogP contribution in [0.15, 0.2) is 36.4 Å². The van der Waals surface area contributed by atoms with Gasteiger partial charge in [-0.05, 0) is 36.5 Å². The second-order valence-electron chi connectivity index (χ2n) is 5.26. The number of anilines is 1. The van der Waals surface area contributed by atoms with Crippen LogP contribution in [0.5, 0.6) is 0 Å². The molecule has 1 saturated carbocycles. The Morgan fingerprint density at radius 2 is 1.43 bits per heavy atom. The standard InChI is InChI=1S/C16H13F4N/c17-11-5-3-10(4-6-11)15(9-1-2-9)21-16-13(19)7-12(18)8-14(16)20/h3-9,15,21H,1-2H2. The van der Waals surface area contributed by atoms with Crippen molar-refractivity contribution in [3.05, 3.63) is 65.2 Å². The molecule has 1 aliphatic rings. The van der Waals surface area contributed by atoms with Crippen LogP contribution in [-0.4, -0.2) is 0 Å². The van der Waals surface area contributed by atoms with E-state index in [0.29, 0.717) is 12.1 Å². The summed E-state index contributed by atoms with van der Waals surface area (Å²) in [6, 6.07) is 6.75. The van der Waals surface area contributed by atoms with Gasteiger partial charge in [-0.2, -0.15) is 0 Å². The first-order valence-corrected chi connectivity index (χ1v) is 6.71. The van der Waals surface area contributed by atoms with Crippen molar-refractivity contribution >= 4 is 5.69 Å². The summed E-state index contributed by atoms with van der Waals surface area (Å²) in [6.07, 6.45) is 1.86. The number of hydrogen-bond acceptors (Lipinski definition) is 1. The van der Waals surface area contributed by atoms with Crippen LogP contribution >= 0.6 is 0 Å². The van der Waals surface area contributed by atoms with Gasteiger partial charge < -0.3 is 5.32 Å². The van der Waals surface area contributed by atoms with Gasteiger partial charge in [0.2, 0.25) is 0 Å². The summed E-state index contributed by atoms with van der Waals surface area (Å²) in [6.45, 7) is 0. The van der Waals surface area contributed by atoms with E-state index in [9.17, 15) is 17.6 Å². The zero-order valence-electron chi connectivity index (χ0n) is 11.0. The summed E-state index contributed by atoms with van der Waals surface area (Å²) in [7, 11) is 0. The lowest BCUT2D eigenvalue weighted by Gasteiger charge is -2.21. The Bertz CT molecular complexity index is 627. The van der Waals surface area contributed by atoms with Crippen molar-refractivity contribution in [1.29, 1.82) is 0 Å². The molecule has 110 valence electrons. The highest BCUT2D eigenvalue weighted by molar-refractivity contribution is 5.49. The fourth-order valence-electron chi connectivity index (χ4n) is 2.41. The lowest BCUT2D eigenvalue weighted by atomic mass is 10.0. The molecule has 1 atom stereocenters. The first-order chi connectivity index (χ1) is 10.0. The number of hydrogen-bond donors (Lipinski definition) is 1. The average Bonchev–Trinajstić information content (AvgIpc) is 3.24. The van der Waals surface area contributed by atoms with E-state index in [2.05, 4.69) is 5.32 Å². The quantitative estimate of drug-likeness (QED) is 0.798. The highest BCUT2D eigenvalue weighted by Gasteiger charge is 2.33. The summed E-state index contributed by atoms with van der Waals surface area (Å²) < 4.78 is 53.4. The summed E-state index contributed by atoms with van der Waals surface area (Å²) in [5.41, 5.74) is 0.402. The highest BCUT2D eigenvalue weighted by atomic mass is 19.1. The molecule has 21 heavy (non-hydrogen) atoms. The second kappa shape index (κ2) is 5.39. The van der Waals surface area contributed by atoms with Crippen LogP contribution < -0.4 is 5.32 Å². The van der Waals surface area contributed by atoms with Gasteiger partial charge >= 0.3 is 0 Å². The minimum absolute atomic E-state index is 0.235. The smallest absolute Gasteiger partial charge is 0.152 e. The normalized spacial score (nSPS) is 15.8. The fourth-order valence-corrected chi connectivity index (χ4v) is 2.41. The maximum atomic E-state index is 13.7. The van der Waals surface area contributed by atoms with Gasteiger partial charge in [0.15, 0.2) is 11.6 Å². The predicted octanol–water partition coefficient (Wildman–Crippen LogP) is 4.81. The zero-order chi connectivity index (χ0) is 15.0. The van der Waals surface area contributed by atoms with Gasteiger partial charge in [0, 0.05) is 12.1 Å². The zero-order valence-corrected chi connectivity index (χ0v) is 11.0.